The van der Waals surface area contributed by atoms with Crippen LogP contribution >= 0.6 is 27.7 Å². The van der Waals surface area contributed by atoms with Gasteiger partial charge in [0.2, 0.25) is 0 Å². The molecule has 2 aromatic rings. The van der Waals surface area contributed by atoms with Gasteiger partial charge in [0.15, 0.2) is 0 Å². The lowest BCUT2D eigenvalue weighted by Crippen LogP contribution is -1.93. The molecular formula is C13H15BrN2OS. The van der Waals surface area contributed by atoms with Crippen LogP contribution in [-0.2, 0) is 12.8 Å². The van der Waals surface area contributed by atoms with Gasteiger partial charge in [-0.2, -0.15) is 5.10 Å². The number of halogens is 1. The maximum atomic E-state index is 5.22. The lowest BCUT2D eigenvalue weighted by molar-refractivity contribution is 0.412. The summed E-state index contributed by atoms with van der Waals surface area (Å²) in [5.41, 5.74) is 2.31. The van der Waals surface area contributed by atoms with E-state index in [-0.39, 0.29) is 0 Å². The highest BCUT2D eigenvalue weighted by atomic mass is 79.9. The van der Waals surface area contributed by atoms with Crippen molar-refractivity contribution in [3.8, 4) is 5.75 Å². The van der Waals surface area contributed by atoms with E-state index in [1.54, 1.807) is 18.9 Å². The van der Waals surface area contributed by atoms with Crippen LogP contribution in [0.25, 0.3) is 0 Å². The average molecular weight is 327 g/mol. The first-order valence-electron chi connectivity index (χ1n) is 5.56. The number of methoxy groups -OCH3 is 1. The van der Waals surface area contributed by atoms with E-state index >= 15 is 0 Å². The molecule has 1 aromatic heterocycles. The van der Waals surface area contributed by atoms with Gasteiger partial charge in [0.05, 0.1) is 22.3 Å². The molecule has 5 heteroatoms. The molecule has 0 aliphatic rings. The van der Waals surface area contributed by atoms with E-state index in [0.29, 0.717) is 0 Å². The second kappa shape index (κ2) is 5.80. The number of rotatable bonds is 4. The third kappa shape index (κ3) is 3.09. The summed E-state index contributed by atoms with van der Waals surface area (Å²) in [4.78, 5) is 0. The molecular weight excluding hydrogens is 312 g/mol. The molecule has 0 N–H and O–H groups in total. The van der Waals surface area contributed by atoms with Crippen molar-refractivity contribution >= 4 is 27.7 Å². The molecule has 0 aliphatic heterocycles. The summed E-state index contributed by atoms with van der Waals surface area (Å²) in [5, 5.41) is 5.51. The maximum absolute atomic E-state index is 5.22. The predicted octanol–water partition coefficient (Wildman–Crippen LogP) is 3.79. The lowest BCUT2D eigenvalue weighted by atomic mass is 10.2. The molecule has 1 aromatic carbocycles. The summed E-state index contributed by atoms with van der Waals surface area (Å²) in [6.45, 7) is 2.01. The Kier molecular flexibility index (Phi) is 4.35. The van der Waals surface area contributed by atoms with Crippen molar-refractivity contribution in [3.63, 3.8) is 0 Å². The van der Waals surface area contributed by atoms with Gasteiger partial charge in [-0.15, -0.1) is 11.8 Å². The Morgan fingerprint density at radius 2 is 2.17 bits per heavy atom. The van der Waals surface area contributed by atoms with Gasteiger partial charge in [0.25, 0.3) is 0 Å². The summed E-state index contributed by atoms with van der Waals surface area (Å²) in [6, 6.07) is 8.26. The fraction of sp³-hybridized carbons (Fsp3) is 0.308. The van der Waals surface area contributed by atoms with Crippen LogP contribution in [0, 0.1) is 6.92 Å². The van der Waals surface area contributed by atoms with E-state index in [1.807, 2.05) is 24.7 Å². The van der Waals surface area contributed by atoms with E-state index in [0.717, 1.165) is 21.7 Å². The fourth-order valence-electron chi connectivity index (χ4n) is 1.68. The molecule has 18 heavy (non-hydrogen) atoms. The Balaban J connectivity index is 2.06. The SMILES string of the molecule is COc1ccc(CSc2cc(C)nn2C)cc1Br. The first-order chi connectivity index (χ1) is 8.60. The van der Waals surface area contributed by atoms with Crippen LogP contribution in [0.1, 0.15) is 11.3 Å². The van der Waals surface area contributed by atoms with Crippen LogP contribution in [0.15, 0.2) is 33.8 Å². The molecule has 0 amide bonds. The maximum Gasteiger partial charge on any atom is 0.133 e. The summed E-state index contributed by atoms with van der Waals surface area (Å²) in [7, 11) is 3.65. The monoisotopic (exact) mass is 326 g/mol. The van der Waals surface area contributed by atoms with Crippen LogP contribution in [0.2, 0.25) is 0 Å². The van der Waals surface area contributed by atoms with Crippen molar-refractivity contribution in [1.29, 1.82) is 0 Å². The highest BCUT2D eigenvalue weighted by Gasteiger charge is 2.05. The molecule has 96 valence electrons. The zero-order chi connectivity index (χ0) is 13.1. The van der Waals surface area contributed by atoms with E-state index in [1.165, 1.54) is 10.6 Å². The van der Waals surface area contributed by atoms with E-state index < -0.39 is 0 Å². The Morgan fingerprint density at radius 3 is 2.72 bits per heavy atom. The summed E-state index contributed by atoms with van der Waals surface area (Å²) in [6.07, 6.45) is 0. The van der Waals surface area contributed by atoms with Crippen molar-refractivity contribution in [1.82, 2.24) is 9.78 Å². The van der Waals surface area contributed by atoms with E-state index in [4.69, 9.17) is 4.74 Å². The van der Waals surface area contributed by atoms with Crippen LogP contribution in [0.5, 0.6) is 5.75 Å². The second-order valence-electron chi connectivity index (χ2n) is 4.01. The molecule has 0 saturated carbocycles. The van der Waals surface area contributed by atoms with Gasteiger partial charge in [-0.1, -0.05) is 6.07 Å². The van der Waals surface area contributed by atoms with E-state index in [9.17, 15) is 0 Å². The molecule has 0 spiro atoms. The van der Waals surface area contributed by atoms with Crippen LogP contribution in [0.4, 0.5) is 0 Å². The van der Waals surface area contributed by atoms with Gasteiger partial charge < -0.3 is 4.74 Å². The number of nitrogens with zero attached hydrogens (tertiary/aromatic N) is 2. The van der Waals surface area contributed by atoms with Crippen molar-refractivity contribution < 1.29 is 4.74 Å². The molecule has 0 radical (unpaired) electrons. The molecule has 0 aliphatic carbocycles. The Hall–Kier alpha value is -0.940. The van der Waals surface area contributed by atoms with Gasteiger partial charge in [0.1, 0.15) is 5.75 Å². The molecule has 0 unspecified atom stereocenters. The Labute approximate surface area is 120 Å². The normalized spacial score (nSPS) is 10.7. The zero-order valence-corrected chi connectivity index (χ0v) is 13.0. The lowest BCUT2D eigenvalue weighted by Gasteiger charge is -2.06. The predicted molar refractivity (Wildman–Crippen MR) is 78.2 cm³/mol. The number of thioether (sulfide) groups is 1. The number of ether oxygens (including phenoxy) is 1. The molecule has 0 atom stereocenters. The number of benzene rings is 1. The van der Waals surface area contributed by atoms with Gasteiger partial charge in [-0.3, -0.25) is 4.68 Å². The van der Waals surface area contributed by atoms with Gasteiger partial charge in [-0.05, 0) is 46.6 Å². The number of aryl methyl sites for hydroxylation is 2. The number of aromatic nitrogens is 2. The largest absolute Gasteiger partial charge is 0.496 e. The first-order valence-corrected chi connectivity index (χ1v) is 7.34. The second-order valence-corrected chi connectivity index (χ2v) is 5.86. The molecule has 1 heterocycles. The minimum atomic E-state index is 0.861. The first kappa shape index (κ1) is 13.5. The molecule has 0 saturated heterocycles. The molecule has 3 nitrogen and oxygen atoms in total. The van der Waals surface area contributed by atoms with Gasteiger partial charge >= 0.3 is 0 Å². The highest BCUT2D eigenvalue weighted by molar-refractivity contribution is 9.10. The standard InChI is InChI=1S/C13H15BrN2OS/c1-9-6-13(16(2)15-9)18-8-10-4-5-12(17-3)11(14)7-10/h4-7H,8H2,1-3H3. The highest BCUT2D eigenvalue weighted by Crippen LogP contribution is 2.29. The summed E-state index contributed by atoms with van der Waals surface area (Å²) in [5.74, 6) is 1.78. The fourth-order valence-corrected chi connectivity index (χ4v) is 3.24. The quantitative estimate of drug-likeness (QED) is 0.800. The summed E-state index contributed by atoms with van der Waals surface area (Å²) < 4.78 is 8.12. The Morgan fingerprint density at radius 1 is 1.39 bits per heavy atom. The topological polar surface area (TPSA) is 27.1 Å². The minimum absolute atomic E-state index is 0.861. The minimum Gasteiger partial charge on any atom is -0.496 e. The van der Waals surface area contributed by atoms with Crippen molar-refractivity contribution in [3.05, 3.63) is 40.0 Å². The van der Waals surface area contributed by atoms with Crippen molar-refractivity contribution in [2.24, 2.45) is 7.05 Å². The summed E-state index contributed by atoms with van der Waals surface area (Å²) >= 11 is 5.28. The van der Waals surface area contributed by atoms with E-state index in [2.05, 4.69) is 39.2 Å². The van der Waals surface area contributed by atoms with Crippen LogP contribution in [-0.4, -0.2) is 16.9 Å². The smallest absolute Gasteiger partial charge is 0.133 e. The molecule has 2 rings (SSSR count). The third-order valence-electron chi connectivity index (χ3n) is 2.56. The molecule has 0 fully saturated rings. The van der Waals surface area contributed by atoms with Crippen LogP contribution < -0.4 is 4.74 Å². The number of hydrogen-bond donors (Lipinski definition) is 0. The third-order valence-corrected chi connectivity index (χ3v) is 4.34. The van der Waals surface area contributed by atoms with Gasteiger partial charge in [-0.25, -0.2) is 0 Å². The average Bonchev–Trinajstić information content (AvgIpc) is 2.65. The molecule has 0 bridgehead atoms. The number of hydrogen-bond acceptors (Lipinski definition) is 3. The van der Waals surface area contributed by atoms with Gasteiger partial charge in [0, 0.05) is 12.8 Å². The Bertz CT molecular complexity index is 554. The van der Waals surface area contributed by atoms with Crippen molar-refractivity contribution in [2.45, 2.75) is 17.7 Å². The van der Waals surface area contributed by atoms with Crippen molar-refractivity contribution in [2.75, 3.05) is 7.11 Å². The van der Waals surface area contributed by atoms with Crippen LogP contribution in [0.3, 0.4) is 0 Å². The zero-order valence-electron chi connectivity index (χ0n) is 10.6.